The fraction of sp³-hybridized carbons (Fsp3) is 0.273. The van der Waals surface area contributed by atoms with Gasteiger partial charge < -0.3 is 4.74 Å². The quantitative estimate of drug-likeness (QED) is 0.331. The van der Waals surface area contributed by atoms with Crippen molar-refractivity contribution in [3.8, 4) is 17.5 Å². The van der Waals surface area contributed by atoms with Gasteiger partial charge in [-0.1, -0.05) is 30.0 Å². The Bertz CT molecular complexity index is 1320. The number of benzene rings is 2. The minimum absolute atomic E-state index is 0.167. The predicted molar refractivity (Wildman–Crippen MR) is 118 cm³/mol. The van der Waals surface area contributed by atoms with E-state index in [1.165, 1.54) is 0 Å². The number of hydrogen-bond acceptors (Lipinski definition) is 6. The minimum atomic E-state index is -0.167. The summed E-state index contributed by atoms with van der Waals surface area (Å²) < 4.78 is 9.03. The summed E-state index contributed by atoms with van der Waals surface area (Å²) in [6.07, 6.45) is 2.32. The molecule has 2 heterocycles. The molecular formula is C22H21N5O2S. The summed E-state index contributed by atoms with van der Waals surface area (Å²) in [4.78, 5) is 13.5. The summed E-state index contributed by atoms with van der Waals surface area (Å²) >= 11 is 1.58. The molecule has 0 atom stereocenters. The standard InChI is InChI=1S/C22H21N5O2S/c1-15-10-11-19(29-2)18(14-15)26-20(28)16-8-4-5-9-17(16)27-21(26)24-25-22(27)30-13-7-3-6-12-23/h4-5,8-11,14H,3,6-7,13H2,1-2H3. The topological polar surface area (TPSA) is 85.2 Å². The molecule has 2 aromatic heterocycles. The summed E-state index contributed by atoms with van der Waals surface area (Å²) in [5, 5.41) is 18.8. The van der Waals surface area contributed by atoms with Gasteiger partial charge in [0, 0.05) is 12.2 Å². The van der Waals surface area contributed by atoms with E-state index in [9.17, 15) is 4.79 Å². The van der Waals surface area contributed by atoms with Crippen LogP contribution in [0.3, 0.4) is 0 Å². The highest BCUT2D eigenvalue weighted by Gasteiger charge is 2.19. The molecular weight excluding hydrogens is 398 g/mol. The van der Waals surface area contributed by atoms with E-state index in [0.717, 1.165) is 34.8 Å². The molecule has 0 saturated carbocycles. The minimum Gasteiger partial charge on any atom is -0.495 e. The van der Waals surface area contributed by atoms with Crippen LogP contribution in [-0.2, 0) is 0 Å². The molecule has 152 valence electrons. The first-order valence-electron chi connectivity index (χ1n) is 9.69. The number of nitriles is 1. The average Bonchev–Trinajstić information content (AvgIpc) is 3.18. The Morgan fingerprint density at radius 1 is 1.17 bits per heavy atom. The Morgan fingerprint density at radius 2 is 2.00 bits per heavy atom. The van der Waals surface area contributed by atoms with Gasteiger partial charge in [-0.25, -0.2) is 4.57 Å². The fourth-order valence-corrected chi connectivity index (χ4v) is 4.37. The van der Waals surface area contributed by atoms with Crippen LogP contribution in [-0.4, -0.2) is 32.0 Å². The van der Waals surface area contributed by atoms with Gasteiger partial charge in [-0.2, -0.15) is 5.26 Å². The number of nitrogens with zero attached hydrogens (tertiary/aromatic N) is 5. The molecule has 0 saturated heterocycles. The third-order valence-corrected chi connectivity index (χ3v) is 5.90. The van der Waals surface area contributed by atoms with Crippen molar-refractivity contribution < 1.29 is 4.74 Å². The lowest BCUT2D eigenvalue weighted by Crippen LogP contribution is -2.22. The van der Waals surface area contributed by atoms with Crippen molar-refractivity contribution in [1.82, 2.24) is 19.2 Å². The molecule has 8 heteroatoms. The number of para-hydroxylation sites is 1. The monoisotopic (exact) mass is 419 g/mol. The van der Waals surface area contributed by atoms with Crippen molar-refractivity contribution in [1.29, 1.82) is 5.26 Å². The highest BCUT2D eigenvalue weighted by Crippen LogP contribution is 2.28. The van der Waals surface area contributed by atoms with E-state index in [2.05, 4.69) is 16.3 Å². The molecule has 0 N–H and O–H groups in total. The molecule has 7 nitrogen and oxygen atoms in total. The molecule has 30 heavy (non-hydrogen) atoms. The second-order valence-electron chi connectivity index (χ2n) is 6.91. The number of aryl methyl sites for hydroxylation is 1. The van der Waals surface area contributed by atoms with Crippen LogP contribution in [0.25, 0.3) is 22.4 Å². The number of aromatic nitrogens is 4. The van der Waals surface area contributed by atoms with E-state index in [1.54, 1.807) is 23.4 Å². The van der Waals surface area contributed by atoms with Crippen molar-refractivity contribution in [3.63, 3.8) is 0 Å². The van der Waals surface area contributed by atoms with Gasteiger partial charge in [-0.3, -0.25) is 9.20 Å². The molecule has 0 amide bonds. The van der Waals surface area contributed by atoms with E-state index in [-0.39, 0.29) is 5.56 Å². The molecule has 4 rings (SSSR count). The Kier molecular flexibility index (Phi) is 5.72. The van der Waals surface area contributed by atoms with Gasteiger partial charge in [0.05, 0.1) is 29.8 Å². The van der Waals surface area contributed by atoms with E-state index in [0.29, 0.717) is 29.0 Å². The van der Waals surface area contributed by atoms with Crippen LogP contribution < -0.4 is 10.3 Å². The van der Waals surface area contributed by atoms with E-state index < -0.39 is 0 Å². The maximum Gasteiger partial charge on any atom is 0.267 e. The van der Waals surface area contributed by atoms with Crippen molar-refractivity contribution in [3.05, 3.63) is 58.4 Å². The number of rotatable bonds is 7. The van der Waals surface area contributed by atoms with Crippen LogP contribution in [0, 0.1) is 18.3 Å². The van der Waals surface area contributed by atoms with E-state index in [4.69, 9.17) is 10.00 Å². The molecule has 0 aliphatic rings. The highest BCUT2D eigenvalue weighted by atomic mass is 32.2. The first-order chi connectivity index (χ1) is 14.7. The Labute approximate surface area is 177 Å². The van der Waals surface area contributed by atoms with Crippen LogP contribution in [0.4, 0.5) is 0 Å². The second kappa shape index (κ2) is 8.59. The van der Waals surface area contributed by atoms with Gasteiger partial charge in [0.15, 0.2) is 5.16 Å². The second-order valence-corrected chi connectivity index (χ2v) is 7.98. The van der Waals surface area contributed by atoms with E-state index >= 15 is 0 Å². The smallest absolute Gasteiger partial charge is 0.267 e. The molecule has 0 unspecified atom stereocenters. The van der Waals surface area contributed by atoms with Crippen molar-refractivity contribution in [2.45, 2.75) is 31.3 Å². The molecule has 0 aliphatic carbocycles. The normalized spacial score (nSPS) is 11.1. The molecule has 0 radical (unpaired) electrons. The molecule has 4 aromatic rings. The molecule has 2 aromatic carbocycles. The van der Waals surface area contributed by atoms with Gasteiger partial charge in [0.25, 0.3) is 5.56 Å². The highest BCUT2D eigenvalue weighted by molar-refractivity contribution is 7.99. The summed E-state index contributed by atoms with van der Waals surface area (Å²) in [7, 11) is 1.59. The third kappa shape index (κ3) is 3.53. The summed E-state index contributed by atoms with van der Waals surface area (Å²) in [6, 6.07) is 15.4. The number of hydrogen-bond donors (Lipinski definition) is 0. The van der Waals surface area contributed by atoms with Gasteiger partial charge in [-0.15, -0.1) is 10.2 Å². The average molecular weight is 420 g/mol. The summed E-state index contributed by atoms with van der Waals surface area (Å²) in [5.74, 6) is 1.86. The van der Waals surface area contributed by atoms with Crippen molar-refractivity contribution >= 4 is 28.4 Å². The number of unbranched alkanes of at least 4 members (excludes halogenated alkanes) is 2. The SMILES string of the molecule is COc1ccc(C)cc1-n1c(=O)c2ccccc2n2c(SCCCCC#N)nnc12. The van der Waals surface area contributed by atoms with Crippen LogP contribution in [0.15, 0.2) is 52.4 Å². The van der Waals surface area contributed by atoms with Crippen LogP contribution in [0.5, 0.6) is 5.75 Å². The van der Waals surface area contributed by atoms with Crippen LogP contribution in [0.1, 0.15) is 24.8 Å². The third-order valence-electron chi connectivity index (χ3n) is 4.88. The molecule has 0 bridgehead atoms. The van der Waals surface area contributed by atoms with Gasteiger partial charge in [0.2, 0.25) is 5.78 Å². The first kappa shape index (κ1) is 20.0. The maximum absolute atomic E-state index is 13.5. The van der Waals surface area contributed by atoms with Gasteiger partial charge in [0.1, 0.15) is 5.75 Å². The Morgan fingerprint density at radius 3 is 2.80 bits per heavy atom. The lowest BCUT2D eigenvalue weighted by atomic mass is 10.2. The zero-order chi connectivity index (χ0) is 21.1. The largest absolute Gasteiger partial charge is 0.495 e. The van der Waals surface area contributed by atoms with Crippen molar-refractivity contribution in [2.75, 3.05) is 12.9 Å². The number of ether oxygens (including phenoxy) is 1. The van der Waals surface area contributed by atoms with Gasteiger partial charge in [-0.05, 0) is 49.6 Å². The fourth-order valence-electron chi connectivity index (χ4n) is 3.43. The summed E-state index contributed by atoms with van der Waals surface area (Å²) in [5.41, 5.74) is 2.25. The van der Waals surface area contributed by atoms with Crippen molar-refractivity contribution in [2.24, 2.45) is 0 Å². The molecule has 0 spiro atoms. The summed E-state index contributed by atoms with van der Waals surface area (Å²) in [6.45, 7) is 1.97. The van der Waals surface area contributed by atoms with Gasteiger partial charge >= 0.3 is 0 Å². The molecule has 0 fully saturated rings. The zero-order valence-electron chi connectivity index (χ0n) is 16.8. The zero-order valence-corrected chi connectivity index (χ0v) is 17.6. The van der Waals surface area contributed by atoms with E-state index in [1.807, 2.05) is 53.8 Å². The Hall–Kier alpha value is -3.31. The first-order valence-corrected chi connectivity index (χ1v) is 10.7. The lowest BCUT2D eigenvalue weighted by molar-refractivity contribution is 0.412. The predicted octanol–water partition coefficient (Wildman–Crippen LogP) is 4.14. The Balaban J connectivity index is 1.94. The lowest BCUT2D eigenvalue weighted by Gasteiger charge is -2.14. The molecule has 0 aliphatic heterocycles. The maximum atomic E-state index is 13.5. The van der Waals surface area contributed by atoms with Crippen LogP contribution in [0.2, 0.25) is 0 Å². The number of fused-ring (bicyclic) bond motifs is 3. The van der Waals surface area contributed by atoms with Crippen LogP contribution >= 0.6 is 11.8 Å². The number of methoxy groups -OCH3 is 1. The number of thioether (sulfide) groups is 1.